The molecule has 2 aromatic carbocycles. The molecule has 0 unspecified atom stereocenters. The van der Waals surface area contributed by atoms with Crippen LogP contribution in [0.5, 0.6) is 5.75 Å². The van der Waals surface area contributed by atoms with Crippen LogP contribution < -0.4 is 15.5 Å². The van der Waals surface area contributed by atoms with Gasteiger partial charge in [-0.15, -0.1) is 0 Å². The van der Waals surface area contributed by atoms with Crippen LogP contribution in [0.3, 0.4) is 0 Å². The third kappa shape index (κ3) is 7.38. The molecule has 7 heteroatoms. The van der Waals surface area contributed by atoms with Gasteiger partial charge in [0.15, 0.2) is 6.61 Å². The molecule has 0 aliphatic carbocycles. The van der Waals surface area contributed by atoms with Crippen LogP contribution in [0.4, 0.5) is 0 Å². The predicted octanol–water partition coefficient (Wildman–Crippen LogP) is 2.05. The van der Waals surface area contributed by atoms with Gasteiger partial charge in [-0.05, 0) is 48.2 Å². The van der Waals surface area contributed by atoms with E-state index in [0.717, 1.165) is 30.6 Å². The van der Waals surface area contributed by atoms with Crippen LogP contribution in [0.25, 0.3) is 0 Å². The normalized spacial score (nSPS) is 15.9. The van der Waals surface area contributed by atoms with Gasteiger partial charge >= 0.3 is 0 Å². The van der Waals surface area contributed by atoms with Crippen molar-refractivity contribution in [3.8, 4) is 5.75 Å². The molecule has 1 saturated heterocycles. The first-order valence-electron chi connectivity index (χ1n) is 9.66. The SMILES string of the molecule is O=C(COc1ccc(/C=N/NC(=O)Cc2ccccc2)cc1)NC[C@H]1CCCO1. The summed E-state index contributed by atoms with van der Waals surface area (Å²) in [7, 11) is 0. The number of hydrogen-bond donors (Lipinski definition) is 2. The quantitative estimate of drug-likeness (QED) is 0.502. The second-order valence-electron chi connectivity index (χ2n) is 6.75. The van der Waals surface area contributed by atoms with Crippen LogP contribution in [0.1, 0.15) is 24.0 Å². The van der Waals surface area contributed by atoms with Crippen molar-refractivity contribution in [2.45, 2.75) is 25.4 Å². The highest BCUT2D eigenvalue weighted by Crippen LogP contribution is 2.12. The number of benzene rings is 2. The summed E-state index contributed by atoms with van der Waals surface area (Å²) in [5, 5.41) is 6.77. The Morgan fingerprint density at radius 2 is 1.90 bits per heavy atom. The van der Waals surface area contributed by atoms with E-state index in [1.165, 1.54) is 0 Å². The van der Waals surface area contributed by atoms with Crippen molar-refractivity contribution in [2.75, 3.05) is 19.8 Å². The Hall–Kier alpha value is -3.19. The highest BCUT2D eigenvalue weighted by Gasteiger charge is 2.16. The van der Waals surface area contributed by atoms with Crippen molar-refractivity contribution in [3.05, 3.63) is 65.7 Å². The van der Waals surface area contributed by atoms with Gasteiger partial charge in [0.1, 0.15) is 5.75 Å². The van der Waals surface area contributed by atoms with Gasteiger partial charge in [-0.25, -0.2) is 5.43 Å². The largest absolute Gasteiger partial charge is 0.484 e. The molecule has 2 N–H and O–H groups in total. The molecule has 2 aromatic rings. The average Bonchev–Trinajstić information content (AvgIpc) is 3.26. The van der Waals surface area contributed by atoms with E-state index in [0.29, 0.717) is 12.3 Å². The lowest BCUT2D eigenvalue weighted by molar-refractivity contribution is -0.123. The van der Waals surface area contributed by atoms with E-state index in [9.17, 15) is 9.59 Å². The van der Waals surface area contributed by atoms with Crippen molar-refractivity contribution in [1.82, 2.24) is 10.7 Å². The Bertz CT molecular complexity index is 816. The smallest absolute Gasteiger partial charge is 0.258 e. The third-order valence-electron chi connectivity index (χ3n) is 4.41. The van der Waals surface area contributed by atoms with Crippen LogP contribution in [-0.2, 0) is 20.7 Å². The topological polar surface area (TPSA) is 89.0 Å². The highest BCUT2D eigenvalue weighted by molar-refractivity contribution is 5.83. The van der Waals surface area contributed by atoms with Crippen LogP contribution in [0, 0.1) is 0 Å². The summed E-state index contributed by atoms with van der Waals surface area (Å²) in [6.07, 6.45) is 3.98. The summed E-state index contributed by atoms with van der Waals surface area (Å²) in [5.74, 6) is 0.233. The summed E-state index contributed by atoms with van der Waals surface area (Å²) >= 11 is 0. The molecule has 7 nitrogen and oxygen atoms in total. The van der Waals surface area contributed by atoms with E-state index in [4.69, 9.17) is 9.47 Å². The van der Waals surface area contributed by atoms with Crippen molar-refractivity contribution < 1.29 is 19.1 Å². The fourth-order valence-corrected chi connectivity index (χ4v) is 2.88. The number of nitrogens with one attached hydrogen (secondary N) is 2. The van der Waals surface area contributed by atoms with Crippen LogP contribution in [-0.4, -0.2) is 43.9 Å². The van der Waals surface area contributed by atoms with E-state index >= 15 is 0 Å². The molecule has 1 aliphatic heterocycles. The third-order valence-corrected chi connectivity index (χ3v) is 4.41. The monoisotopic (exact) mass is 395 g/mol. The minimum atomic E-state index is -0.179. The first-order valence-corrected chi connectivity index (χ1v) is 9.66. The number of carbonyl (C=O) groups excluding carboxylic acids is 2. The Labute approximate surface area is 170 Å². The molecule has 1 aliphatic rings. The van der Waals surface area contributed by atoms with Gasteiger partial charge < -0.3 is 14.8 Å². The molecule has 0 radical (unpaired) electrons. The zero-order valence-corrected chi connectivity index (χ0v) is 16.2. The minimum Gasteiger partial charge on any atom is -0.484 e. The fraction of sp³-hybridized carbons (Fsp3) is 0.318. The Balaban J connectivity index is 1.36. The fourth-order valence-electron chi connectivity index (χ4n) is 2.88. The van der Waals surface area contributed by atoms with E-state index < -0.39 is 0 Å². The second-order valence-corrected chi connectivity index (χ2v) is 6.75. The van der Waals surface area contributed by atoms with Gasteiger partial charge in [0.05, 0.1) is 18.7 Å². The maximum Gasteiger partial charge on any atom is 0.258 e. The highest BCUT2D eigenvalue weighted by atomic mass is 16.5. The lowest BCUT2D eigenvalue weighted by atomic mass is 10.1. The predicted molar refractivity (Wildman–Crippen MR) is 110 cm³/mol. The van der Waals surface area contributed by atoms with Crippen molar-refractivity contribution in [3.63, 3.8) is 0 Å². The average molecular weight is 395 g/mol. The maximum atomic E-state index is 11.9. The summed E-state index contributed by atoms with van der Waals surface area (Å²) in [6, 6.07) is 16.6. The molecular formula is C22H25N3O4. The van der Waals surface area contributed by atoms with E-state index in [2.05, 4.69) is 15.8 Å². The Morgan fingerprint density at radius 1 is 1.10 bits per heavy atom. The van der Waals surface area contributed by atoms with Crippen LogP contribution in [0.2, 0.25) is 0 Å². The first kappa shape index (κ1) is 20.5. The van der Waals surface area contributed by atoms with Gasteiger partial charge in [-0.3, -0.25) is 9.59 Å². The van der Waals surface area contributed by atoms with Crippen molar-refractivity contribution >= 4 is 18.0 Å². The molecule has 152 valence electrons. The van der Waals surface area contributed by atoms with E-state index in [1.807, 2.05) is 30.3 Å². The van der Waals surface area contributed by atoms with Gasteiger partial charge in [0.25, 0.3) is 5.91 Å². The zero-order chi connectivity index (χ0) is 20.3. The van der Waals surface area contributed by atoms with Gasteiger partial charge in [0.2, 0.25) is 5.91 Å². The maximum absolute atomic E-state index is 11.9. The summed E-state index contributed by atoms with van der Waals surface area (Å²) in [6.45, 7) is 1.24. The van der Waals surface area contributed by atoms with Gasteiger partial charge in [-0.1, -0.05) is 30.3 Å². The van der Waals surface area contributed by atoms with Crippen LogP contribution >= 0.6 is 0 Å². The minimum absolute atomic E-state index is 0.0459. The molecule has 1 fully saturated rings. The Morgan fingerprint density at radius 3 is 2.62 bits per heavy atom. The zero-order valence-electron chi connectivity index (χ0n) is 16.2. The molecule has 0 bridgehead atoms. The summed E-state index contributed by atoms with van der Waals surface area (Å²) < 4.78 is 10.9. The number of carbonyl (C=O) groups is 2. The van der Waals surface area contributed by atoms with Gasteiger partial charge in [-0.2, -0.15) is 5.10 Å². The van der Waals surface area contributed by atoms with Gasteiger partial charge in [0, 0.05) is 13.2 Å². The molecule has 0 aromatic heterocycles. The number of hydrazone groups is 1. The number of amides is 2. The van der Waals surface area contributed by atoms with Crippen LogP contribution in [0.15, 0.2) is 59.7 Å². The summed E-state index contributed by atoms with van der Waals surface area (Å²) in [5.41, 5.74) is 4.25. The summed E-state index contributed by atoms with van der Waals surface area (Å²) in [4.78, 5) is 23.7. The van der Waals surface area contributed by atoms with Crippen molar-refractivity contribution in [2.24, 2.45) is 5.10 Å². The standard InChI is InChI=1S/C22H25N3O4/c26-21(13-17-5-2-1-3-6-17)25-24-14-18-8-10-19(11-9-18)29-16-22(27)23-15-20-7-4-12-28-20/h1-3,5-6,8-11,14,20H,4,7,12-13,15-16H2,(H,23,27)(H,25,26)/b24-14+/t20-/m1/s1. The number of ether oxygens (including phenoxy) is 2. The number of rotatable bonds is 9. The molecule has 0 saturated carbocycles. The lowest BCUT2D eigenvalue weighted by Crippen LogP contribution is -2.35. The molecule has 29 heavy (non-hydrogen) atoms. The number of nitrogens with zero attached hydrogens (tertiary/aromatic N) is 1. The van der Waals surface area contributed by atoms with Crippen molar-refractivity contribution in [1.29, 1.82) is 0 Å². The molecule has 1 heterocycles. The van der Waals surface area contributed by atoms with E-state index in [1.54, 1.807) is 30.5 Å². The van der Waals surface area contributed by atoms with E-state index in [-0.39, 0.29) is 30.9 Å². The molecular weight excluding hydrogens is 370 g/mol. The molecule has 2 amide bonds. The molecule has 1 atom stereocenters. The Kier molecular flexibility index (Phi) is 7.77. The lowest BCUT2D eigenvalue weighted by Gasteiger charge is -2.11. The number of hydrogen-bond acceptors (Lipinski definition) is 5. The molecule has 3 rings (SSSR count). The molecule has 0 spiro atoms. The first-order chi connectivity index (χ1) is 14.2. The second kappa shape index (κ2) is 11.0.